The third-order valence-corrected chi connectivity index (χ3v) is 4.58. The number of aryl methyl sites for hydroxylation is 1. The Balaban J connectivity index is 1.86. The van der Waals surface area contributed by atoms with E-state index in [0.717, 1.165) is 30.4 Å². The molecule has 0 saturated heterocycles. The summed E-state index contributed by atoms with van der Waals surface area (Å²) in [6, 6.07) is 12.5. The average Bonchev–Trinajstić information content (AvgIpc) is 2.60. The molecule has 1 nitrogen and oxygen atoms in total. The van der Waals surface area contributed by atoms with Crippen molar-refractivity contribution >= 4 is 11.6 Å². The summed E-state index contributed by atoms with van der Waals surface area (Å²) in [7, 11) is 1.51. The molecule has 2 heteroatoms. The van der Waals surface area contributed by atoms with E-state index in [2.05, 4.69) is 37.3 Å². The lowest BCUT2D eigenvalue weighted by Gasteiger charge is -2.19. The molecule has 0 bridgehead atoms. The van der Waals surface area contributed by atoms with Crippen LogP contribution in [-0.2, 0) is 12.8 Å². The quantitative estimate of drug-likeness (QED) is 0.692. The van der Waals surface area contributed by atoms with Gasteiger partial charge in [-0.3, -0.25) is 0 Å². The number of rotatable bonds is 5. The molecule has 23 heavy (non-hydrogen) atoms. The third kappa shape index (κ3) is 3.31. The van der Waals surface area contributed by atoms with Crippen LogP contribution in [0.15, 0.2) is 36.4 Å². The molecule has 0 amide bonds. The highest BCUT2D eigenvalue weighted by Gasteiger charge is 2.18. The van der Waals surface area contributed by atoms with Crippen molar-refractivity contribution in [1.29, 1.82) is 0 Å². The van der Waals surface area contributed by atoms with Crippen LogP contribution in [0.1, 0.15) is 48.4 Å². The fraction of sp³-hybridized carbons (Fsp3) is 0.333. The lowest BCUT2D eigenvalue weighted by Crippen LogP contribution is -2.04. The summed E-state index contributed by atoms with van der Waals surface area (Å²) in [4.78, 5) is 0. The molecule has 0 aliphatic heterocycles. The Hall–Kier alpha value is -2.09. The number of halogens is 1. The van der Waals surface area contributed by atoms with Crippen LogP contribution in [0, 0.1) is 5.82 Å². The van der Waals surface area contributed by atoms with Crippen LogP contribution < -0.4 is 4.74 Å². The molecule has 0 spiro atoms. The lowest BCUT2D eigenvalue weighted by molar-refractivity contribution is 0.384. The van der Waals surface area contributed by atoms with Crippen LogP contribution >= 0.6 is 0 Å². The maximum Gasteiger partial charge on any atom is 0.168 e. The van der Waals surface area contributed by atoms with E-state index in [1.165, 1.54) is 36.7 Å². The molecule has 0 radical (unpaired) electrons. The first-order valence-electron chi connectivity index (χ1n) is 8.38. The molecule has 0 heterocycles. The van der Waals surface area contributed by atoms with Gasteiger partial charge in [0.15, 0.2) is 11.6 Å². The first-order valence-corrected chi connectivity index (χ1v) is 8.38. The molecule has 0 fully saturated rings. The summed E-state index contributed by atoms with van der Waals surface area (Å²) in [5.74, 6) is 0.121. The summed E-state index contributed by atoms with van der Waals surface area (Å²) in [5.41, 5.74) is 5.66. The Morgan fingerprint density at radius 1 is 1.04 bits per heavy atom. The van der Waals surface area contributed by atoms with Crippen molar-refractivity contribution in [1.82, 2.24) is 0 Å². The largest absolute Gasteiger partial charge is 0.494 e. The predicted molar refractivity (Wildman–Crippen MR) is 94.2 cm³/mol. The summed E-state index contributed by atoms with van der Waals surface area (Å²) in [6.45, 7) is 2.22. The monoisotopic (exact) mass is 310 g/mol. The molecule has 2 aromatic rings. The lowest BCUT2D eigenvalue weighted by atomic mass is 9.88. The predicted octanol–water partition coefficient (Wildman–Crippen LogP) is 5.66. The second kappa shape index (κ2) is 6.99. The van der Waals surface area contributed by atoms with Crippen LogP contribution in [0.25, 0.3) is 11.6 Å². The molecule has 1 aliphatic carbocycles. The molecular formula is C21H23FO. The van der Waals surface area contributed by atoms with Gasteiger partial charge in [-0.25, -0.2) is 4.39 Å². The van der Waals surface area contributed by atoms with Crippen LogP contribution in [0.3, 0.4) is 0 Å². The van der Waals surface area contributed by atoms with E-state index >= 15 is 0 Å². The van der Waals surface area contributed by atoms with Gasteiger partial charge in [-0.05, 0) is 59.6 Å². The van der Waals surface area contributed by atoms with Crippen molar-refractivity contribution < 1.29 is 9.13 Å². The fourth-order valence-corrected chi connectivity index (χ4v) is 3.18. The molecule has 120 valence electrons. The number of fused-ring (bicyclic) bond motifs is 1. The molecule has 0 unspecified atom stereocenters. The highest BCUT2D eigenvalue weighted by atomic mass is 19.1. The minimum Gasteiger partial charge on any atom is -0.494 e. The number of methoxy groups -OCH3 is 1. The first-order chi connectivity index (χ1) is 11.2. The van der Waals surface area contributed by atoms with E-state index in [1.54, 1.807) is 6.07 Å². The average molecular weight is 310 g/mol. The molecule has 0 N–H and O–H groups in total. The highest BCUT2D eigenvalue weighted by molar-refractivity contribution is 5.84. The van der Waals surface area contributed by atoms with E-state index in [0.29, 0.717) is 5.75 Å². The zero-order chi connectivity index (χ0) is 16.2. The van der Waals surface area contributed by atoms with Gasteiger partial charge in [-0.2, -0.15) is 0 Å². The molecule has 0 atom stereocenters. The van der Waals surface area contributed by atoms with Gasteiger partial charge in [0, 0.05) is 0 Å². The Labute approximate surface area is 137 Å². The zero-order valence-corrected chi connectivity index (χ0v) is 13.9. The molecular weight excluding hydrogens is 287 g/mol. The van der Waals surface area contributed by atoms with Gasteiger partial charge in [0.25, 0.3) is 0 Å². The topological polar surface area (TPSA) is 9.23 Å². The van der Waals surface area contributed by atoms with Crippen molar-refractivity contribution in [2.24, 2.45) is 0 Å². The summed E-state index contributed by atoms with van der Waals surface area (Å²) in [5, 5.41) is 0. The molecule has 2 aromatic carbocycles. The second-order valence-electron chi connectivity index (χ2n) is 6.12. The van der Waals surface area contributed by atoms with Crippen molar-refractivity contribution in [3.05, 3.63) is 64.5 Å². The number of hydrogen-bond donors (Lipinski definition) is 0. The molecule has 0 aromatic heterocycles. The number of allylic oxidation sites excluding steroid dienone is 1. The second-order valence-corrected chi connectivity index (χ2v) is 6.12. The molecule has 3 rings (SSSR count). The molecule has 1 aliphatic rings. The van der Waals surface area contributed by atoms with Gasteiger partial charge in [-0.15, -0.1) is 0 Å². The Morgan fingerprint density at radius 3 is 2.52 bits per heavy atom. The highest BCUT2D eigenvalue weighted by Crippen LogP contribution is 2.34. The van der Waals surface area contributed by atoms with E-state index in [4.69, 9.17) is 4.74 Å². The van der Waals surface area contributed by atoms with E-state index in [-0.39, 0.29) is 5.82 Å². The smallest absolute Gasteiger partial charge is 0.168 e. The summed E-state index contributed by atoms with van der Waals surface area (Å²) >= 11 is 0. The van der Waals surface area contributed by atoms with Crippen LogP contribution in [0.5, 0.6) is 5.75 Å². The van der Waals surface area contributed by atoms with Crippen LogP contribution in [-0.4, -0.2) is 7.11 Å². The normalized spacial score (nSPS) is 13.4. The number of hydrogen-bond acceptors (Lipinski definition) is 1. The van der Waals surface area contributed by atoms with Crippen molar-refractivity contribution in [3.63, 3.8) is 0 Å². The molecule has 0 saturated carbocycles. The van der Waals surface area contributed by atoms with Gasteiger partial charge in [0.05, 0.1) is 7.11 Å². The number of ether oxygens (including phenoxy) is 1. The van der Waals surface area contributed by atoms with Crippen LogP contribution in [0.4, 0.5) is 4.39 Å². The zero-order valence-electron chi connectivity index (χ0n) is 13.9. The Bertz CT molecular complexity index is 713. The van der Waals surface area contributed by atoms with Gasteiger partial charge >= 0.3 is 0 Å². The van der Waals surface area contributed by atoms with E-state index in [1.807, 2.05) is 6.07 Å². The maximum absolute atomic E-state index is 14.3. The fourth-order valence-electron chi connectivity index (χ4n) is 3.18. The first kappa shape index (κ1) is 15.8. The van der Waals surface area contributed by atoms with Crippen molar-refractivity contribution in [2.45, 2.75) is 39.0 Å². The van der Waals surface area contributed by atoms with Crippen molar-refractivity contribution in [3.8, 4) is 5.75 Å². The van der Waals surface area contributed by atoms with E-state index < -0.39 is 0 Å². The number of unbranched alkanes of at least 4 members (excludes halogenated alkanes) is 1. The maximum atomic E-state index is 14.3. The van der Waals surface area contributed by atoms with Gasteiger partial charge in [-0.1, -0.05) is 49.8 Å². The van der Waals surface area contributed by atoms with Crippen LogP contribution in [0.2, 0.25) is 0 Å². The van der Waals surface area contributed by atoms with Gasteiger partial charge in [0.2, 0.25) is 0 Å². The minimum absolute atomic E-state index is 0.213. The van der Waals surface area contributed by atoms with Gasteiger partial charge in [0.1, 0.15) is 0 Å². The Kier molecular flexibility index (Phi) is 4.80. The minimum atomic E-state index is -0.213. The summed E-state index contributed by atoms with van der Waals surface area (Å²) < 4.78 is 19.4. The number of benzene rings is 2. The van der Waals surface area contributed by atoms with Crippen molar-refractivity contribution in [2.75, 3.05) is 7.11 Å². The third-order valence-electron chi connectivity index (χ3n) is 4.58. The Morgan fingerprint density at radius 2 is 1.83 bits per heavy atom. The van der Waals surface area contributed by atoms with E-state index in [9.17, 15) is 4.39 Å². The van der Waals surface area contributed by atoms with Gasteiger partial charge < -0.3 is 4.74 Å². The summed E-state index contributed by atoms with van der Waals surface area (Å²) in [6.07, 6.45) is 7.30. The SMILES string of the molecule is CCCCc1ccc(C2=Cc3ccc(OC)c(F)c3CC2)cc1. The standard InChI is InChI=1S/C21H23FO/c1-3-4-5-15-6-8-16(9-7-15)17-10-12-19-18(14-17)11-13-20(23-2)21(19)22/h6-9,11,13-14H,3-5,10,12H2,1-2H3.